The highest BCUT2D eigenvalue weighted by atomic mass is 35.5. The summed E-state index contributed by atoms with van der Waals surface area (Å²) in [7, 11) is 0. The smallest absolute Gasteiger partial charge is 0.348 e. The van der Waals surface area contributed by atoms with Crippen LogP contribution >= 0.6 is 69.6 Å². The second-order valence-corrected chi connectivity index (χ2v) is 32.7. The molecule has 15 nitrogen and oxygen atoms in total. The molecule has 1 saturated carbocycles. The van der Waals surface area contributed by atoms with Crippen molar-refractivity contribution in [3.8, 4) is 17.3 Å². The first kappa shape index (κ1) is 83.0. The lowest BCUT2D eigenvalue weighted by Gasteiger charge is -2.28. The number of pyridine rings is 1. The zero-order valence-corrected chi connectivity index (χ0v) is 68.6. The van der Waals surface area contributed by atoms with Gasteiger partial charge in [0.25, 0.3) is 23.7 Å². The van der Waals surface area contributed by atoms with E-state index in [0.29, 0.717) is 85.2 Å². The summed E-state index contributed by atoms with van der Waals surface area (Å²) in [4.78, 5) is 55.9. The first-order valence-corrected chi connectivity index (χ1v) is 42.2. The summed E-state index contributed by atoms with van der Waals surface area (Å²) in [6, 6.07) is 50.7. The number of amides is 3. The molecule has 1 aliphatic heterocycles. The van der Waals surface area contributed by atoms with E-state index in [0.717, 1.165) is 163 Å². The lowest BCUT2D eigenvalue weighted by Crippen LogP contribution is -2.39. The molecule has 6 aromatic carbocycles. The summed E-state index contributed by atoms with van der Waals surface area (Å²) in [5.41, 5.74) is 13.7. The van der Waals surface area contributed by atoms with E-state index in [4.69, 9.17) is 79.8 Å². The molecule has 25 heteroatoms. The minimum atomic E-state index is -4.66. The van der Waals surface area contributed by atoms with Crippen molar-refractivity contribution in [1.29, 1.82) is 0 Å². The Hall–Kier alpha value is -9.47. The van der Waals surface area contributed by atoms with Gasteiger partial charge < -0.3 is 15.5 Å². The number of aromatic nitrogens is 9. The fourth-order valence-electron chi connectivity index (χ4n) is 16.7. The van der Waals surface area contributed by atoms with Gasteiger partial charge in [0.15, 0.2) is 17.1 Å². The van der Waals surface area contributed by atoms with Gasteiger partial charge in [0, 0.05) is 74.6 Å². The summed E-state index contributed by atoms with van der Waals surface area (Å²) < 4.78 is 59.4. The molecule has 2 N–H and O–H groups in total. The van der Waals surface area contributed by atoms with E-state index in [2.05, 4.69) is 49.8 Å². The Labute approximate surface area is 702 Å². The van der Waals surface area contributed by atoms with E-state index < -0.39 is 17.8 Å². The Kier molecular flexibility index (Phi) is 27.4. The molecule has 0 spiro atoms. The normalized spacial score (nSPS) is 17.6. The summed E-state index contributed by atoms with van der Waals surface area (Å²) >= 11 is 38.1. The van der Waals surface area contributed by atoms with Crippen molar-refractivity contribution in [2.24, 2.45) is 5.92 Å². The van der Waals surface area contributed by atoms with Gasteiger partial charge in [0.05, 0.1) is 50.2 Å². The molecule has 16 rings (SSSR count). The summed E-state index contributed by atoms with van der Waals surface area (Å²) in [5.74, 6) is -0.550. The number of hydrogen-bond acceptors (Lipinski definition) is 9. The van der Waals surface area contributed by atoms with Gasteiger partial charge in [-0.1, -0.05) is 169 Å². The molecule has 6 heterocycles. The van der Waals surface area contributed by atoms with Crippen molar-refractivity contribution in [2.75, 3.05) is 12.4 Å². The number of halogens is 10. The van der Waals surface area contributed by atoms with E-state index >= 15 is 0 Å². The monoisotopic (exact) mass is 1680 g/mol. The maximum atomic E-state index is 14.2. The maximum Gasteiger partial charge on any atom is 0.433 e. The molecule has 1 saturated heterocycles. The molecule has 5 aliphatic rings. The van der Waals surface area contributed by atoms with Crippen LogP contribution in [0.4, 0.5) is 17.6 Å². The van der Waals surface area contributed by atoms with Crippen molar-refractivity contribution in [3.63, 3.8) is 0 Å². The van der Waals surface area contributed by atoms with Crippen LogP contribution < -0.4 is 10.6 Å². The van der Waals surface area contributed by atoms with Gasteiger partial charge in [-0.3, -0.25) is 19.4 Å². The van der Waals surface area contributed by atoms with E-state index in [1.807, 2.05) is 131 Å². The van der Waals surface area contributed by atoms with Crippen molar-refractivity contribution in [1.82, 2.24) is 59.8 Å². The van der Waals surface area contributed by atoms with Crippen LogP contribution in [0.25, 0.3) is 40.6 Å². The van der Waals surface area contributed by atoms with Crippen LogP contribution in [0.5, 0.6) is 0 Å². The van der Waals surface area contributed by atoms with Gasteiger partial charge in [-0.15, -0.1) is 11.6 Å². The summed E-state index contributed by atoms with van der Waals surface area (Å²) in [6.45, 7) is 2.80. The molecular weight excluding hydrogens is 1600 g/mol. The van der Waals surface area contributed by atoms with Gasteiger partial charge in [-0.2, -0.15) is 28.5 Å². The molecule has 0 radical (unpaired) electrons. The third kappa shape index (κ3) is 19.9. The van der Waals surface area contributed by atoms with Crippen LogP contribution in [0.2, 0.25) is 25.1 Å². The molecule has 4 atom stereocenters. The van der Waals surface area contributed by atoms with Crippen LogP contribution in [0, 0.1) is 11.7 Å². The van der Waals surface area contributed by atoms with Crippen LogP contribution in [-0.2, 0) is 38.3 Å². The predicted molar refractivity (Wildman–Crippen MR) is 453 cm³/mol. The summed E-state index contributed by atoms with van der Waals surface area (Å²) in [5, 5.41) is 23.6. The van der Waals surface area contributed by atoms with Crippen LogP contribution in [-0.4, -0.2) is 91.4 Å². The average Bonchev–Trinajstić information content (AvgIpc) is 1.62. The Morgan fingerprint density at radius 1 is 0.534 bits per heavy atom. The topological polar surface area (TPSA) is 171 Å². The first-order valence-electron chi connectivity index (χ1n) is 39.8. The number of carbonyl (C=O) groups excluding carboxylic acids is 3. The molecule has 5 aromatic heterocycles. The predicted octanol–water partition coefficient (Wildman–Crippen LogP) is 23.1. The highest BCUT2D eigenvalue weighted by molar-refractivity contribution is 6.36. The quantitative estimate of drug-likeness (QED) is 0.0511. The molecule has 3 amide bonds. The van der Waals surface area contributed by atoms with Crippen molar-refractivity contribution in [3.05, 3.63) is 298 Å². The number of allylic oxidation sites excluding steroid dienone is 2. The Balaban J connectivity index is 0.000000144. The van der Waals surface area contributed by atoms with Crippen molar-refractivity contribution in [2.45, 2.75) is 172 Å². The number of likely N-dealkylation sites (tertiary alicyclic amines) is 1. The van der Waals surface area contributed by atoms with E-state index in [1.165, 1.54) is 48.9 Å². The third-order valence-electron chi connectivity index (χ3n) is 22.3. The zero-order chi connectivity index (χ0) is 81.0. The standard InChI is InChI=1S/C31H27Cl2FN4O.C30H28Cl2F3N5O.C30H33Cl2N3O/c32-22-12-15-27(25(33)19-22)38-30-21(18-20-10-13-23(34)14-11-20)6-1-2-7-24(30)29(36-38)31(39)37-17-5-9-28(37)26-8-3-4-16-35-26;31-18-23(17-19-7-2-1-3-8-19)37-28(41)26-24-12-5-4-10-21(15-20-9-6-11-22(32)16-20)27(24)40(39-26)29-36-14-13-25(38-29)30(33,34)35;1-20(22-9-3-2-4-10-22)33-30(36)28-25-12-6-5-11-23(19-21-15-17-24(31)18-16-21)29(25)35(34-28)27-14-8-7-13-26(27)32/h3-4,8,10-16,18-19,28H,1-2,5-7,9,17H2;1-3,6-9,11,13-14,16,21,23H,4-5,10,12,15,17-18H2,(H,37,41);7-8,13-20,22H,2-6,9-12H2,1H3,(H,33,36)/b21-18+;;23-19+/t;21?,23-;20-/m.11/s1. The third-order valence-corrected chi connectivity index (χ3v) is 24.0. The molecule has 0 bridgehead atoms. The minimum Gasteiger partial charge on any atom is -0.348 e. The molecule has 116 heavy (non-hydrogen) atoms. The molecular formula is C91H88Cl6F4N12O3. The number of nitrogens with zero attached hydrogens (tertiary/aromatic N) is 10. The highest BCUT2D eigenvalue weighted by Gasteiger charge is 2.39. The molecule has 600 valence electrons. The number of nitrogens with one attached hydrogen (secondary N) is 2. The maximum absolute atomic E-state index is 14.2. The molecule has 4 aliphatic carbocycles. The van der Waals surface area contributed by atoms with Crippen LogP contribution in [0.1, 0.15) is 220 Å². The van der Waals surface area contributed by atoms with E-state index in [-0.39, 0.29) is 59.2 Å². The fraction of sp³-hybridized carbons (Fsp3) is 0.330. The highest BCUT2D eigenvalue weighted by Crippen LogP contribution is 2.43. The minimum absolute atomic E-state index is 0.0807. The lowest BCUT2D eigenvalue weighted by molar-refractivity contribution is -0.141. The zero-order valence-electron chi connectivity index (χ0n) is 64.1. The van der Waals surface area contributed by atoms with E-state index in [9.17, 15) is 31.9 Å². The van der Waals surface area contributed by atoms with Crippen molar-refractivity contribution >= 4 is 111 Å². The SMILES string of the molecule is C[C@@H](NC(=O)c1nn(-c2ccccc2Cl)c2c1CCCC/C2=C\c1ccc(Cl)cc1)C1CCCCC1.O=C(N[C@@H](CCl)Cc1ccccc1)c1nn(-c2nccc(C(F)(F)F)n2)c2c1CCCCC2Cc1cccc(Cl)c1.O=C(c1nn(-c2ccc(Cl)cc2Cl)c2c1CCCC/C2=C\c1ccc(F)cc1)N1CCCC1c1ccccn1. The van der Waals surface area contributed by atoms with Gasteiger partial charge in [-0.25, -0.2) is 28.4 Å². The number of para-hydroxylation sites is 1. The second kappa shape index (κ2) is 38.3. The lowest BCUT2D eigenvalue weighted by atomic mass is 9.84. The summed E-state index contributed by atoms with van der Waals surface area (Å²) in [6.07, 6.45) is 21.7. The number of benzene rings is 6. The number of carbonyl (C=O) groups is 3. The first-order chi connectivity index (χ1) is 56.2. The van der Waals surface area contributed by atoms with Gasteiger partial charge in [-0.05, 0) is 252 Å². The Morgan fingerprint density at radius 2 is 1.12 bits per heavy atom. The molecule has 2 fully saturated rings. The fourth-order valence-corrected chi connectivity index (χ4v) is 17.9. The Bertz CT molecular complexity index is 5360. The number of rotatable bonds is 17. The van der Waals surface area contributed by atoms with Gasteiger partial charge in [0.2, 0.25) is 0 Å². The van der Waals surface area contributed by atoms with E-state index in [1.54, 1.807) is 41.2 Å². The Morgan fingerprint density at radius 3 is 1.79 bits per heavy atom. The number of alkyl halides is 4. The second-order valence-electron chi connectivity index (χ2n) is 30.3. The molecule has 2 unspecified atom stereocenters. The van der Waals surface area contributed by atoms with Gasteiger partial charge in [0.1, 0.15) is 11.5 Å². The molecule has 11 aromatic rings. The van der Waals surface area contributed by atoms with Gasteiger partial charge >= 0.3 is 6.18 Å². The number of fused-ring (bicyclic) bond motifs is 3. The number of hydrogen-bond donors (Lipinski definition) is 2. The average molecular weight is 1690 g/mol. The van der Waals surface area contributed by atoms with Crippen LogP contribution in [0.15, 0.2) is 182 Å². The van der Waals surface area contributed by atoms with Crippen molar-refractivity contribution < 1.29 is 31.9 Å². The van der Waals surface area contributed by atoms with Crippen LogP contribution in [0.3, 0.4) is 0 Å². The largest absolute Gasteiger partial charge is 0.433 e.